The molecule has 0 radical (unpaired) electrons. The van der Waals surface area contributed by atoms with Crippen LogP contribution in [0.3, 0.4) is 0 Å². The highest BCUT2D eigenvalue weighted by molar-refractivity contribution is 5.87. The van der Waals surface area contributed by atoms with Crippen molar-refractivity contribution < 1.29 is 14.6 Å². The molecule has 2 rings (SSSR count). The number of carbonyl (C=O) groups is 1. The number of benzene rings is 1. The van der Waals surface area contributed by atoms with Gasteiger partial charge in [0, 0.05) is 5.69 Å². The van der Waals surface area contributed by atoms with Gasteiger partial charge in [-0.25, -0.2) is 4.79 Å². The number of nitrogens with one attached hydrogen (secondary N) is 1. The van der Waals surface area contributed by atoms with Crippen LogP contribution in [0.1, 0.15) is 10.4 Å². The van der Waals surface area contributed by atoms with Gasteiger partial charge in [0.05, 0.1) is 24.8 Å². The second-order valence-corrected chi connectivity index (χ2v) is 3.26. The molecule has 1 heterocycles. The topological polar surface area (TPSA) is 58.6 Å². The Labute approximate surface area is 81.5 Å². The predicted molar refractivity (Wildman–Crippen MR) is 51.6 cm³/mol. The predicted octanol–water partition coefficient (Wildman–Crippen LogP) is 1.20. The summed E-state index contributed by atoms with van der Waals surface area (Å²) >= 11 is 0. The molecule has 74 valence electrons. The van der Waals surface area contributed by atoms with Crippen molar-refractivity contribution in [2.24, 2.45) is 0 Å². The van der Waals surface area contributed by atoms with Crippen molar-refractivity contribution >= 4 is 11.7 Å². The smallest absolute Gasteiger partial charge is 0.335 e. The third-order valence-corrected chi connectivity index (χ3v) is 2.14. The van der Waals surface area contributed by atoms with E-state index in [1.165, 1.54) is 0 Å². The van der Waals surface area contributed by atoms with Gasteiger partial charge in [0.25, 0.3) is 0 Å². The monoisotopic (exact) mass is 193 g/mol. The molecule has 0 spiro atoms. The molecule has 1 aromatic rings. The molecule has 0 bridgehead atoms. The summed E-state index contributed by atoms with van der Waals surface area (Å²) in [6.07, 6.45) is 0. The Balaban J connectivity index is 2.01. The van der Waals surface area contributed by atoms with Crippen LogP contribution in [0.2, 0.25) is 0 Å². The zero-order valence-electron chi connectivity index (χ0n) is 7.56. The lowest BCUT2D eigenvalue weighted by molar-refractivity contribution is 0.0211. The van der Waals surface area contributed by atoms with Crippen LogP contribution in [-0.4, -0.2) is 30.3 Å². The fraction of sp³-hybridized carbons (Fsp3) is 0.300. The van der Waals surface area contributed by atoms with Crippen molar-refractivity contribution in [3.8, 4) is 0 Å². The van der Waals surface area contributed by atoms with E-state index in [1.807, 2.05) is 0 Å². The molecule has 4 nitrogen and oxygen atoms in total. The summed E-state index contributed by atoms with van der Waals surface area (Å²) in [6.45, 7) is 1.45. The Morgan fingerprint density at radius 1 is 1.36 bits per heavy atom. The molecule has 0 saturated carbocycles. The first kappa shape index (κ1) is 9.02. The Morgan fingerprint density at radius 3 is 2.43 bits per heavy atom. The minimum Gasteiger partial charge on any atom is -0.478 e. The summed E-state index contributed by atoms with van der Waals surface area (Å²) in [5.74, 6) is -0.900. The molecule has 14 heavy (non-hydrogen) atoms. The Bertz CT molecular complexity index is 330. The first-order valence-corrected chi connectivity index (χ1v) is 4.43. The first-order valence-electron chi connectivity index (χ1n) is 4.43. The second-order valence-electron chi connectivity index (χ2n) is 3.26. The molecule has 1 aromatic carbocycles. The van der Waals surface area contributed by atoms with Crippen LogP contribution in [0.25, 0.3) is 0 Å². The van der Waals surface area contributed by atoms with E-state index in [9.17, 15) is 4.79 Å². The largest absolute Gasteiger partial charge is 0.478 e. The SMILES string of the molecule is O=C(O)c1ccc(NC2COC2)cc1. The average Bonchev–Trinajstić information content (AvgIpc) is 2.12. The summed E-state index contributed by atoms with van der Waals surface area (Å²) < 4.78 is 5.01. The summed E-state index contributed by atoms with van der Waals surface area (Å²) in [6, 6.07) is 7.07. The van der Waals surface area contributed by atoms with Gasteiger partial charge < -0.3 is 15.2 Å². The molecule has 0 unspecified atom stereocenters. The molecule has 0 atom stereocenters. The fourth-order valence-electron chi connectivity index (χ4n) is 1.26. The maximum absolute atomic E-state index is 10.6. The van der Waals surface area contributed by atoms with Crippen molar-refractivity contribution in [1.82, 2.24) is 0 Å². The third-order valence-electron chi connectivity index (χ3n) is 2.14. The van der Waals surface area contributed by atoms with Gasteiger partial charge in [-0.05, 0) is 24.3 Å². The van der Waals surface area contributed by atoms with Crippen molar-refractivity contribution in [1.29, 1.82) is 0 Å². The molecular formula is C10H11NO3. The van der Waals surface area contributed by atoms with Crippen LogP contribution >= 0.6 is 0 Å². The number of carboxylic acid groups (broad SMARTS) is 1. The number of ether oxygens (including phenoxy) is 1. The van der Waals surface area contributed by atoms with Gasteiger partial charge in [0.1, 0.15) is 0 Å². The van der Waals surface area contributed by atoms with E-state index in [4.69, 9.17) is 9.84 Å². The van der Waals surface area contributed by atoms with E-state index in [0.717, 1.165) is 18.9 Å². The van der Waals surface area contributed by atoms with Gasteiger partial charge in [-0.3, -0.25) is 0 Å². The lowest BCUT2D eigenvalue weighted by atomic mass is 10.2. The average molecular weight is 193 g/mol. The molecule has 0 aromatic heterocycles. The van der Waals surface area contributed by atoms with Gasteiger partial charge in [-0.2, -0.15) is 0 Å². The molecule has 4 heteroatoms. The number of hydrogen-bond donors (Lipinski definition) is 2. The Kier molecular flexibility index (Phi) is 2.37. The minimum atomic E-state index is -0.900. The highest BCUT2D eigenvalue weighted by Gasteiger charge is 2.17. The number of hydrogen-bond acceptors (Lipinski definition) is 3. The van der Waals surface area contributed by atoms with E-state index in [1.54, 1.807) is 24.3 Å². The molecule has 0 aliphatic carbocycles. The molecule has 2 N–H and O–H groups in total. The summed E-state index contributed by atoms with van der Waals surface area (Å²) in [7, 11) is 0. The highest BCUT2D eigenvalue weighted by Crippen LogP contribution is 2.13. The molecule has 1 saturated heterocycles. The van der Waals surface area contributed by atoms with Gasteiger partial charge >= 0.3 is 5.97 Å². The van der Waals surface area contributed by atoms with Crippen molar-refractivity contribution in [2.45, 2.75) is 6.04 Å². The van der Waals surface area contributed by atoms with E-state index in [-0.39, 0.29) is 0 Å². The number of carboxylic acids is 1. The van der Waals surface area contributed by atoms with E-state index in [2.05, 4.69) is 5.32 Å². The Hall–Kier alpha value is -1.55. The zero-order valence-corrected chi connectivity index (χ0v) is 7.56. The van der Waals surface area contributed by atoms with Crippen molar-refractivity contribution in [3.05, 3.63) is 29.8 Å². The van der Waals surface area contributed by atoms with E-state index >= 15 is 0 Å². The Morgan fingerprint density at radius 2 is 2.00 bits per heavy atom. The van der Waals surface area contributed by atoms with Gasteiger partial charge in [-0.1, -0.05) is 0 Å². The molecule has 0 amide bonds. The number of anilines is 1. The summed E-state index contributed by atoms with van der Waals surface area (Å²) in [4.78, 5) is 10.6. The standard InChI is InChI=1S/C10H11NO3/c12-10(13)7-1-3-8(4-2-7)11-9-5-14-6-9/h1-4,9,11H,5-6H2,(H,12,13). The fourth-order valence-corrected chi connectivity index (χ4v) is 1.26. The lowest BCUT2D eigenvalue weighted by Gasteiger charge is -2.27. The maximum atomic E-state index is 10.6. The second kappa shape index (κ2) is 3.67. The highest BCUT2D eigenvalue weighted by atomic mass is 16.5. The van der Waals surface area contributed by atoms with Crippen molar-refractivity contribution in [2.75, 3.05) is 18.5 Å². The minimum absolute atomic E-state index is 0.306. The van der Waals surface area contributed by atoms with E-state index in [0.29, 0.717) is 11.6 Å². The van der Waals surface area contributed by atoms with Crippen LogP contribution < -0.4 is 5.32 Å². The summed E-state index contributed by atoms with van der Waals surface area (Å²) in [5.41, 5.74) is 1.24. The van der Waals surface area contributed by atoms with Gasteiger partial charge in [0.2, 0.25) is 0 Å². The van der Waals surface area contributed by atoms with Gasteiger partial charge in [-0.15, -0.1) is 0 Å². The van der Waals surface area contributed by atoms with Crippen molar-refractivity contribution in [3.63, 3.8) is 0 Å². The molecule has 1 aliphatic heterocycles. The lowest BCUT2D eigenvalue weighted by Crippen LogP contribution is -2.40. The number of aromatic carboxylic acids is 1. The maximum Gasteiger partial charge on any atom is 0.335 e. The van der Waals surface area contributed by atoms with E-state index < -0.39 is 5.97 Å². The molecular weight excluding hydrogens is 182 g/mol. The van der Waals surface area contributed by atoms with Crippen LogP contribution in [0.15, 0.2) is 24.3 Å². The van der Waals surface area contributed by atoms with Crippen LogP contribution in [0.5, 0.6) is 0 Å². The van der Waals surface area contributed by atoms with Crippen LogP contribution in [0.4, 0.5) is 5.69 Å². The molecule has 1 aliphatic rings. The first-order chi connectivity index (χ1) is 6.75. The zero-order chi connectivity index (χ0) is 9.97. The quantitative estimate of drug-likeness (QED) is 0.757. The summed E-state index contributed by atoms with van der Waals surface area (Å²) in [5, 5.41) is 11.9. The van der Waals surface area contributed by atoms with Crippen LogP contribution in [-0.2, 0) is 4.74 Å². The van der Waals surface area contributed by atoms with Crippen LogP contribution in [0, 0.1) is 0 Å². The number of rotatable bonds is 3. The normalized spacial score (nSPS) is 16.0. The third kappa shape index (κ3) is 1.85. The van der Waals surface area contributed by atoms with Gasteiger partial charge in [0.15, 0.2) is 0 Å². The molecule has 1 fully saturated rings.